The first kappa shape index (κ1) is 20.6. The minimum Gasteiger partial charge on any atom is -0.382 e. The predicted octanol–water partition coefficient (Wildman–Crippen LogP) is 1.50. The van der Waals surface area contributed by atoms with Crippen LogP contribution in [-0.4, -0.2) is 35.6 Å². The smallest absolute Gasteiger partial charge is 0.250 e. The van der Waals surface area contributed by atoms with Crippen LogP contribution in [0.3, 0.4) is 0 Å². The third kappa shape index (κ3) is 6.20. The Hall–Kier alpha value is -2.70. The van der Waals surface area contributed by atoms with Gasteiger partial charge in [-0.15, -0.1) is 0 Å². The highest BCUT2D eigenvalue weighted by Gasteiger charge is 2.23. The lowest BCUT2D eigenvalue weighted by Crippen LogP contribution is -2.48. The number of carbonyl (C=O) groups excluding carboxylic acids is 2. The maximum atomic E-state index is 12.4. The highest BCUT2D eigenvalue weighted by Crippen LogP contribution is 2.21. The van der Waals surface area contributed by atoms with Gasteiger partial charge in [0.25, 0.3) is 5.91 Å². The number of amides is 2. The molecule has 0 fully saturated rings. The first-order chi connectivity index (χ1) is 13.0. The molecule has 2 unspecified atom stereocenters. The zero-order valence-corrected chi connectivity index (χ0v) is 15.5. The number of carbonyl (C=O) groups is 2. The summed E-state index contributed by atoms with van der Waals surface area (Å²) in [4.78, 5) is 24.4. The fourth-order valence-electron chi connectivity index (χ4n) is 2.82. The van der Waals surface area contributed by atoms with E-state index in [-0.39, 0.29) is 18.5 Å². The number of rotatable bonds is 9. The summed E-state index contributed by atoms with van der Waals surface area (Å²) in [5.41, 5.74) is 7.63. The average molecular weight is 369 g/mol. The van der Waals surface area contributed by atoms with Crippen molar-refractivity contribution >= 4 is 11.8 Å². The molecule has 2 atom stereocenters. The fraction of sp³-hybridized carbons (Fsp3) is 0.333. The molecule has 2 aromatic carbocycles. The molecule has 2 aromatic rings. The summed E-state index contributed by atoms with van der Waals surface area (Å²) in [6, 6.07) is 18.2. The molecule has 2 amide bonds. The summed E-state index contributed by atoms with van der Waals surface area (Å²) < 4.78 is 0. The summed E-state index contributed by atoms with van der Waals surface area (Å²) in [5, 5.41) is 15.3. The summed E-state index contributed by atoms with van der Waals surface area (Å²) in [6.07, 6.45) is -0.0241. The van der Waals surface area contributed by atoms with Gasteiger partial charge in [-0.2, -0.15) is 0 Å². The van der Waals surface area contributed by atoms with Crippen molar-refractivity contribution in [3.05, 3.63) is 71.8 Å². The van der Waals surface area contributed by atoms with Crippen LogP contribution in [0.1, 0.15) is 36.9 Å². The van der Waals surface area contributed by atoms with Crippen LogP contribution in [0.15, 0.2) is 60.7 Å². The van der Waals surface area contributed by atoms with Crippen molar-refractivity contribution in [1.82, 2.24) is 10.6 Å². The highest BCUT2D eigenvalue weighted by atomic mass is 16.3. The van der Waals surface area contributed by atoms with Crippen LogP contribution in [0.2, 0.25) is 0 Å². The van der Waals surface area contributed by atoms with Crippen LogP contribution >= 0.6 is 0 Å². The van der Waals surface area contributed by atoms with Crippen molar-refractivity contribution in [2.75, 3.05) is 6.54 Å². The van der Waals surface area contributed by atoms with Crippen molar-refractivity contribution in [2.45, 2.75) is 38.0 Å². The lowest BCUT2D eigenvalue weighted by Gasteiger charge is -2.21. The largest absolute Gasteiger partial charge is 0.382 e. The molecular formula is C21H27N3O3. The van der Waals surface area contributed by atoms with E-state index in [0.717, 1.165) is 17.5 Å². The van der Waals surface area contributed by atoms with Crippen molar-refractivity contribution < 1.29 is 14.7 Å². The predicted molar refractivity (Wildman–Crippen MR) is 105 cm³/mol. The minimum atomic E-state index is -1.32. The van der Waals surface area contributed by atoms with Gasteiger partial charge in [-0.25, -0.2) is 0 Å². The van der Waals surface area contributed by atoms with E-state index < -0.39 is 18.1 Å². The normalized spacial score (nSPS) is 13.0. The van der Waals surface area contributed by atoms with E-state index in [9.17, 15) is 14.7 Å². The summed E-state index contributed by atoms with van der Waals surface area (Å²) >= 11 is 0. The van der Waals surface area contributed by atoms with Crippen LogP contribution in [0, 0.1) is 0 Å². The van der Waals surface area contributed by atoms with Gasteiger partial charge in [0.05, 0.1) is 12.6 Å². The standard InChI is InChI=1S/C21H27N3O3/c1-2-9-17(22)20(26)21(27)23-14-18(25)24-19(15-10-5-3-6-11-15)16-12-7-4-8-13-16/h3-8,10-13,17,19-20,26H,2,9,14,22H2,1H3,(H,23,27)(H,24,25). The maximum Gasteiger partial charge on any atom is 0.250 e. The summed E-state index contributed by atoms with van der Waals surface area (Å²) in [5.74, 6) is -0.987. The monoisotopic (exact) mass is 369 g/mol. The molecule has 27 heavy (non-hydrogen) atoms. The van der Waals surface area contributed by atoms with Crippen molar-refractivity contribution in [1.29, 1.82) is 0 Å². The second-order valence-electron chi connectivity index (χ2n) is 6.44. The first-order valence-corrected chi connectivity index (χ1v) is 9.13. The maximum absolute atomic E-state index is 12.4. The van der Waals surface area contributed by atoms with E-state index >= 15 is 0 Å². The van der Waals surface area contributed by atoms with E-state index in [4.69, 9.17) is 5.73 Å². The average Bonchev–Trinajstić information content (AvgIpc) is 2.71. The zero-order valence-electron chi connectivity index (χ0n) is 15.5. The second kappa shape index (κ2) is 10.4. The molecule has 0 heterocycles. The van der Waals surface area contributed by atoms with E-state index in [1.54, 1.807) is 0 Å². The third-order valence-electron chi connectivity index (χ3n) is 4.29. The van der Waals surface area contributed by atoms with Gasteiger partial charge < -0.3 is 21.5 Å². The van der Waals surface area contributed by atoms with Crippen molar-refractivity contribution in [3.63, 3.8) is 0 Å². The number of hydrogen-bond donors (Lipinski definition) is 4. The lowest BCUT2D eigenvalue weighted by molar-refractivity contribution is -0.132. The molecule has 0 aliphatic carbocycles. The van der Waals surface area contributed by atoms with Crippen LogP contribution in [0.25, 0.3) is 0 Å². The second-order valence-corrected chi connectivity index (χ2v) is 6.44. The molecule has 6 nitrogen and oxygen atoms in total. The quantitative estimate of drug-likeness (QED) is 0.538. The Labute approximate surface area is 159 Å². The van der Waals surface area contributed by atoms with Crippen molar-refractivity contribution in [2.24, 2.45) is 5.73 Å². The Morgan fingerprint density at radius 1 is 1.00 bits per heavy atom. The molecule has 0 saturated carbocycles. The molecule has 0 spiro atoms. The molecule has 0 saturated heterocycles. The molecule has 0 bridgehead atoms. The van der Waals surface area contributed by atoms with Crippen LogP contribution in [0.4, 0.5) is 0 Å². The highest BCUT2D eigenvalue weighted by molar-refractivity contribution is 5.87. The van der Waals surface area contributed by atoms with E-state index in [1.165, 1.54) is 0 Å². The van der Waals surface area contributed by atoms with Crippen LogP contribution in [0.5, 0.6) is 0 Å². The molecular weight excluding hydrogens is 342 g/mol. The van der Waals surface area contributed by atoms with Crippen LogP contribution in [-0.2, 0) is 9.59 Å². The molecule has 0 radical (unpaired) electrons. The molecule has 0 aromatic heterocycles. The van der Waals surface area contributed by atoms with Gasteiger partial charge in [0.1, 0.15) is 6.10 Å². The Kier molecular flexibility index (Phi) is 7.98. The van der Waals surface area contributed by atoms with Gasteiger partial charge in [0.15, 0.2) is 0 Å². The van der Waals surface area contributed by atoms with Crippen LogP contribution < -0.4 is 16.4 Å². The number of nitrogens with one attached hydrogen (secondary N) is 2. The zero-order chi connectivity index (χ0) is 19.6. The molecule has 6 heteroatoms. The van der Waals surface area contributed by atoms with E-state index in [2.05, 4.69) is 10.6 Å². The molecule has 2 rings (SSSR count). The first-order valence-electron chi connectivity index (χ1n) is 9.13. The van der Waals surface area contributed by atoms with Crippen molar-refractivity contribution in [3.8, 4) is 0 Å². The Morgan fingerprint density at radius 2 is 1.52 bits per heavy atom. The third-order valence-corrected chi connectivity index (χ3v) is 4.29. The van der Waals surface area contributed by atoms with Gasteiger partial charge in [-0.1, -0.05) is 74.0 Å². The lowest BCUT2D eigenvalue weighted by atomic mass is 9.99. The van der Waals surface area contributed by atoms with Gasteiger partial charge in [-0.3, -0.25) is 9.59 Å². The Morgan fingerprint density at radius 3 is 2.00 bits per heavy atom. The molecule has 144 valence electrons. The Bertz CT molecular complexity index is 682. The fourth-order valence-corrected chi connectivity index (χ4v) is 2.82. The van der Waals surface area contributed by atoms with E-state index in [0.29, 0.717) is 6.42 Å². The SMILES string of the molecule is CCCC(N)C(O)C(=O)NCC(=O)NC(c1ccccc1)c1ccccc1. The number of nitrogens with two attached hydrogens (primary N) is 1. The number of hydrogen-bond acceptors (Lipinski definition) is 4. The summed E-state index contributed by atoms with van der Waals surface area (Å²) in [7, 11) is 0. The number of benzene rings is 2. The van der Waals surface area contributed by atoms with Gasteiger partial charge >= 0.3 is 0 Å². The molecule has 0 aliphatic heterocycles. The summed E-state index contributed by atoms with van der Waals surface area (Å²) in [6.45, 7) is 1.69. The van der Waals surface area contributed by atoms with Gasteiger partial charge in [-0.05, 0) is 17.5 Å². The topological polar surface area (TPSA) is 104 Å². The van der Waals surface area contributed by atoms with Gasteiger partial charge in [0, 0.05) is 6.04 Å². The van der Waals surface area contributed by atoms with E-state index in [1.807, 2.05) is 67.6 Å². The van der Waals surface area contributed by atoms with Gasteiger partial charge in [0.2, 0.25) is 5.91 Å². The number of aliphatic hydroxyl groups is 1. The molecule has 0 aliphatic rings. The Balaban J connectivity index is 1.99. The number of aliphatic hydroxyl groups excluding tert-OH is 1. The molecule has 5 N–H and O–H groups in total. The minimum absolute atomic E-state index is 0.231.